The van der Waals surface area contributed by atoms with Crippen molar-refractivity contribution in [1.29, 1.82) is 0 Å². The Morgan fingerprint density at radius 3 is 2.19 bits per heavy atom. The molecule has 3 N–H and O–H groups in total. The molecule has 16 heavy (non-hydrogen) atoms. The first-order chi connectivity index (χ1) is 7.18. The van der Waals surface area contributed by atoms with Crippen LogP contribution in [0, 0.1) is 0 Å². The van der Waals surface area contributed by atoms with Crippen molar-refractivity contribution >= 4 is 0 Å². The molecule has 1 unspecified atom stereocenters. The van der Waals surface area contributed by atoms with E-state index in [0.29, 0.717) is 6.20 Å². The molecule has 0 spiro atoms. The molecule has 0 fully saturated rings. The van der Waals surface area contributed by atoms with Gasteiger partial charge in [0.1, 0.15) is 5.69 Å². The van der Waals surface area contributed by atoms with E-state index < -0.39 is 36.1 Å². The average Bonchev–Trinajstić information content (AvgIpc) is 2.49. The Morgan fingerprint density at radius 2 is 1.81 bits per heavy atom. The lowest BCUT2D eigenvalue weighted by Gasteiger charge is -2.19. The number of aromatic nitrogens is 2. The highest BCUT2D eigenvalue weighted by Crippen LogP contribution is 2.39. The summed E-state index contributed by atoms with van der Waals surface area (Å²) in [4.78, 5) is 0. The summed E-state index contributed by atoms with van der Waals surface area (Å²) in [5.41, 5.74) is 2.34. The van der Waals surface area contributed by atoms with E-state index in [4.69, 9.17) is 5.73 Å². The number of halogens is 6. The van der Waals surface area contributed by atoms with Crippen molar-refractivity contribution in [1.82, 2.24) is 10.2 Å². The fourth-order valence-corrected chi connectivity index (χ4v) is 1.22. The molecule has 3 nitrogen and oxygen atoms in total. The summed E-state index contributed by atoms with van der Waals surface area (Å²) in [6, 6.07) is 0. The normalized spacial score (nSPS) is 15.2. The molecule has 0 saturated heterocycles. The zero-order chi connectivity index (χ0) is 12.6. The number of nitrogens with zero attached hydrogens (tertiary/aromatic N) is 1. The maximum Gasteiger partial charge on any atom is 0.433 e. The average molecular weight is 247 g/mol. The molecule has 1 aromatic heterocycles. The third-order valence-electron chi connectivity index (χ3n) is 1.96. The summed E-state index contributed by atoms with van der Waals surface area (Å²) in [6.07, 6.45) is -9.25. The molecule has 0 aliphatic carbocycles. The number of aromatic amines is 1. The van der Waals surface area contributed by atoms with Gasteiger partial charge in [0.15, 0.2) is 0 Å². The maximum absolute atomic E-state index is 12.4. The second kappa shape index (κ2) is 3.96. The molecule has 0 aromatic carbocycles. The van der Waals surface area contributed by atoms with E-state index in [0.717, 1.165) is 0 Å². The van der Waals surface area contributed by atoms with Crippen LogP contribution in [0.1, 0.15) is 17.2 Å². The molecule has 0 radical (unpaired) electrons. The maximum atomic E-state index is 12.4. The molecular weight excluding hydrogens is 240 g/mol. The summed E-state index contributed by atoms with van der Waals surface area (Å²) in [7, 11) is 0. The number of nitrogens with one attached hydrogen (secondary N) is 1. The fraction of sp³-hybridized carbons (Fsp3) is 0.571. The molecule has 1 rings (SSSR count). The van der Waals surface area contributed by atoms with E-state index >= 15 is 0 Å². The third kappa shape index (κ3) is 2.46. The number of hydrogen-bond acceptors (Lipinski definition) is 2. The Bertz CT molecular complexity index is 352. The summed E-state index contributed by atoms with van der Waals surface area (Å²) in [5, 5.41) is 4.47. The van der Waals surface area contributed by atoms with Crippen LogP contribution in [-0.4, -0.2) is 22.9 Å². The minimum atomic E-state index is -4.91. The zero-order valence-corrected chi connectivity index (χ0v) is 7.65. The number of nitrogens with two attached hydrogens (primary N) is 1. The fourth-order valence-electron chi connectivity index (χ4n) is 1.22. The van der Waals surface area contributed by atoms with E-state index in [-0.39, 0.29) is 0 Å². The minimum Gasteiger partial charge on any atom is -0.330 e. The molecule has 0 aliphatic heterocycles. The van der Waals surface area contributed by atoms with Gasteiger partial charge in [0.05, 0.1) is 12.1 Å². The second-order valence-corrected chi connectivity index (χ2v) is 3.03. The predicted octanol–water partition coefficient (Wildman–Crippen LogP) is 2.03. The van der Waals surface area contributed by atoms with Gasteiger partial charge in [-0.15, -0.1) is 0 Å². The van der Waals surface area contributed by atoms with Crippen LogP contribution in [0.2, 0.25) is 0 Å². The summed E-state index contributed by atoms with van der Waals surface area (Å²) >= 11 is 0. The molecule has 0 amide bonds. The van der Waals surface area contributed by atoms with Crippen molar-refractivity contribution in [2.75, 3.05) is 6.54 Å². The zero-order valence-electron chi connectivity index (χ0n) is 7.65. The molecule has 0 aliphatic rings. The highest BCUT2D eigenvalue weighted by Gasteiger charge is 2.46. The molecule has 0 bridgehead atoms. The number of H-pyrrole nitrogens is 1. The largest absolute Gasteiger partial charge is 0.433 e. The Labute approximate surface area is 85.6 Å². The smallest absolute Gasteiger partial charge is 0.330 e. The first kappa shape index (κ1) is 12.8. The second-order valence-electron chi connectivity index (χ2n) is 3.03. The monoisotopic (exact) mass is 247 g/mol. The van der Waals surface area contributed by atoms with Gasteiger partial charge in [-0.05, 0) is 0 Å². The van der Waals surface area contributed by atoms with Gasteiger partial charge in [0.25, 0.3) is 0 Å². The van der Waals surface area contributed by atoms with Crippen LogP contribution in [0.15, 0.2) is 6.20 Å². The van der Waals surface area contributed by atoms with Crippen LogP contribution in [0.4, 0.5) is 26.3 Å². The van der Waals surface area contributed by atoms with Crippen LogP contribution < -0.4 is 5.73 Å². The van der Waals surface area contributed by atoms with Crippen molar-refractivity contribution in [3.05, 3.63) is 17.5 Å². The Hall–Kier alpha value is -1.25. The van der Waals surface area contributed by atoms with E-state index in [1.165, 1.54) is 5.10 Å². The van der Waals surface area contributed by atoms with Crippen molar-refractivity contribution in [2.45, 2.75) is 18.3 Å². The van der Waals surface area contributed by atoms with Crippen LogP contribution in [0.3, 0.4) is 0 Å². The summed E-state index contributed by atoms with van der Waals surface area (Å²) in [5.74, 6) is -2.37. The van der Waals surface area contributed by atoms with Gasteiger partial charge in [-0.3, -0.25) is 5.10 Å². The van der Waals surface area contributed by atoms with Gasteiger partial charge < -0.3 is 5.73 Å². The molecular formula is C7H7F6N3. The van der Waals surface area contributed by atoms with E-state index in [9.17, 15) is 26.3 Å². The number of rotatable bonds is 2. The number of hydrogen-bond donors (Lipinski definition) is 2. The van der Waals surface area contributed by atoms with Crippen LogP contribution >= 0.6 is 0 Å². The highest BCUT2D eigenvalue weighted by molar-refractivity contribution is 5.25. The van der Waals surface area contributed by atoms with E-state index in [1.54, 1.807) is 0 Å². The van der Waals surface area contributed by atoms with Gasteiger partial charge in [0.2, 0.25) is 0 Å². The first-order valence-electron chi connectivity index (χ1n) is 4.05. The quantitative estimate of drug-likeness (QED) is 0.785. The summed E-state index contributed by atoms with van der Waals surface area (Å²) in [6.45, 7) is -0.966. The summed E-state index contributed by atoms with van der Waals surface area (Å²) < 4.78 is 73.9. The first-order valence-corrected chi connectivity index (χ1v) is 4.05. The highest BCUT2D eigenvalue weighted by atomic mass is 19.4. The van der Waals surface area contributed by atoms with Crippen LogP contribution in [0.5, 0.6) is 0 Å². The van der Waals surface area contributed by atoms with Gasteiger partial charge in [-0.2, -0.15) is 31.4 Å². The molecule has 92 valence electrons. The van der Waals surface area contributed by atoms with Crippen molar-refractivity contribution < 1.29 is 26.3 Å². The molecule has 1 heterocycles. The topological polar surface area (TPSA) is 54.7 Å². The standard InChI is InChI=1S/C7H7F6N3/c8-6(9,10)4(1-14)3-2-15-16-5(3)7(11,12)13/h2,4H,1,14H2,(H,15,16). The molecule has 9 heteroatoms. The van der Waals surface area contributed by atoms with Crippen LogP contribution in [-0.2, 0) is 6.18 Å². The lowest BCUT2D eigenvalue weighted by atomic mass is 9.99. The van der Waals surface area contributed by atoms with E-state index in [1.807, 2.05) is 0 Å². The minimum absolute atomic E-state index is 0.494. The lowest BCUT2D eigenvalue weighted by Crippen LogP contribution is -2.29. The lowest BCUT2D eigenvalue weighted by molar-refractivity contribution is -0.155. The van der Waals surface area contributed by atoms with Crippen LogP contribution in [0.25, 0.3) is 0 Å². The Balaban J connectivity index is 3.18. The van der Waals surface area contributed by atoms with Crippen molar-refractivity contribution in [2.24, 2.45) is 5.73 Å². The number of alkyl halides is 6. The SMILES string of the molecule is NCC(c1cn[nH]c1C(F)(F)F)C(F)(F)F. The van der Waals surface area contributed by atoms with Gasteiger partial charge in [-0.1, -0.05) is 0 Å². The van der Waals surface area contributed by atoms with Crippen molar-refractivity contribution in [3.8, 4) is 0 Å². The Kier molecular flexibility index (Phi) is 3.17. The van der Waals surface area contributed by atoms with Crippen molar-refractivity contribution in [3.63, 3.8) is 0 Å². The third-order valence-corrected chi connectivity index (χ3v) is 1.96. The predicted molar refractivity (Wildman–Crippen MR) is 41.4 cm³/mol. The molecule has 0 saturated carbocycles. The Morgan fingerprint density at radius 1 is 1.25 bits per heavy atom. The molecule has 1 atom stereocenters. The van der Waals surface area contributed by atoms with Gasteiger partial charge in [0, 0.05) is 12.1 Å². The van der Waals surface area contributed by atoms with E-state index in [2.05, 4.69) is 5.10 Å². The van der Waals surface area contributed by atoms with Gasteiger partial charge >= 0.3 is 12.4 Å². The molecule has 1 aromatic rings. The van der Waals surface area contributed by atoms with Gasteiger partial charge in [-0.25, -0.2) is 0 Å².